The largest absolute Gasteiger partial charge is 0.321 e. The fourth-order valence-electron chi connectivity index (χ4n) is 12.0. The second kappa shape index (κ2) is 32.4. The number of anilines is 2. The molecule has 0 saturated carbocycles. The predicted molar refractivity (Wildman–Crippen MR) is 339 cm³/mol. The van der Waals surface area contributed by atoms with Gasteiger partial charge in [-0.25, -0.2) is 0 Å². The number of hydrogen-bond acceptors (Lipinski definition) is 7. The number of thiophene rings is 3. The Balaban J connectivity index is 1.42. The molecule has 4 aromatic rings. The van der Waals surface area contributed by atoms with Crippen LogP contribution in [0.1, 0.15) is 280 Å². The van der Waals surface area contributed by atoms with Gasteiger partial charge in [-0.05, 0) is 114 Å². The minimum absolute atomic E-state index is 0.0978. The van der Waals surface area contributed by atoms with Crippen molar-refractivity contribution in [2.75, 3.05) is 22.9 Å². The summed E-state index contributed by atoms with van der Waals surface area (Å²) in [5.41, 5.74) is 15.9. The summed E-state index contributed by atoms with van der Waals surface area (Å²) >= 11 is 5.12. The number of carbonyl (C=O) groups is 2. The van der Waals surface area contributed by atoms with Gasteiger partial charge >= 0.3 is 0 Å². The van der Waals surface area contributed by atoms with Crippen LogP contribution >= 0.6 is 34.0 Å². The van der Waals surface area contributed by atoms with Crippen molar-refractivity contribution >= 4 is 68.3 Å². The molecule has 2 aliphatic heterocycles. The highest BCUT2D eigenvalue weighted by molar-refractivity contribution is 7.23. The van der Waals surface area contributed by atoms with Crippen LogP contribution in [0.15, 0.2) is 48.5 Å². The number of rotatable bonds is 41. The zero-order valence-electron chi connectivity index (χ0n) is 49.9. The molecule has 1 aromatic carbocycles. The molecule has 428 valence electrons. The fourth-order valence-corrected chi connectivity index (χ4v) is 15.2. The van der Waals surface area contributed by atoms with Crippen molar-refractivity contribution in [3.63, 3.8) is 0 Å². The molecule has 4 N–H and O–H groups in total. The zero-order chi connectivity index (χ0) is 55.2. The van der Waals surface area contributed by atoms with Gasteiger partial charge in [0.05, 0.1) is 22.5 Å². The van der Waals surface area contributed by atoms with E-state index in [0.717, 1.165) is 83.0 Å². The highest BCUT2D eigenvalue weighted by Gasteiger charge is 2.38. The number of nitrogens with two attached hydrogens (primary N) is 2. The summed E-state index contributed by atoms with van der Waals surface area (Å²) in [5, 5.41) is 1.95. The molecular formula is C68H106N4O2S3. The summed E-state index contributed by atoms with van der Waals surface area (Å²) in [5.74, 6) is 1.01. The molecule has 0 radical (unpaired) electrons. The second-order valence-corrected chi connectivity index (χ2v) is 28.0. The molecular weight excluding hydrogens is 1000 g/mol. The van der Waals surface area contributed by atoms with Gasteiger partial charge in [0.1, 0.15) is 0 Å². The minimum atomic E-state index is -0.526. The maximum atomic E-state index is 15.7. The van der Waals surface area contributed by atoms with Gasteiger partial charge in [-0.3, -0.25) is 9.59 Å². The molecule has 0 bridgehead atoms. The Hall–Kier alpha value is -3.08. The second-order valence-electron chi connectivity index (χ2n) is 24.8. The minimum Gasteiger partial charge on any atom is -0.321 e. The highest BCUT2D eigenvalue weighted by Crippen LogP contribution is 2.41. The molecule has 9 heteroatoms. The molecule has 0 spiro atoms. The number of benzene rings is 1. The van der Waals surface area contributed by atoms with E-state index in [1.54, 1.807) is 34.0 Å². The smallest absolute Gasteiger partial charge is 0.260 e. The molecule has 6 nitrogen and oxygen atoms in total. The monoisotopic (exact) mass is 1110 g/mol. The summed E-state index contributed by atoms with van der Waals surface area (Å²) in [4.78, 5) is 42.1. The van der Waals surface area contributed by atoms with Gasteiger partial charge in [-0.1, -0.05) is 207 Å². The lowest BCUT2D eigenvalue weighted by Crippen LogP contribution is -2.35. The van der Waals surface area contributed by atoms with Crippen molar-refractivity contribution in [3.8, 4) is 9.75 Å². The first-order chi connectivity index (χ1) is 37.2. The van der Waals surface area contributed by atoms with Crippen molar-refractivity contribution in [2.45, 2.75) is 272 Å². The number of carbonyl (C=O) groups excluding carboxylic acids is 2. The van der Waals surface area contributed by atoms with Gasteiger partial charge < -0.3 is 21.3 Å². The first kappa shape index (κ1) is 63.1. The Bertz CT molecular complexity index is 2520. The normalized spacial score (nSPS) is 14.7. The summed E-state index contributed by atoms with van der Waals surface area (Å²) in [7, 11) is 0. The SMILES string of the molecule is CCCCCCCCCCC(CCCCCCCC)CN1C(=O)C(c2ccc(-c3ccc(C(C)(C)N)s3)s2)=c2cc3c(cc21)=C(c1ccc(C(C)(C)N)s1)C(=O)N3CC(CCCCCCCC)CCCCCCCCCC. The number of amides is 2. The van der Waals surface area contributed by atoms with E-state index < -0.39 is 11.1 Å². The zero-order valence-corrected chi connectivity index (χ0v) is 52.4. The van der Waals surface area contributed by atoms with Gasteiger partial charge in [0.15, 0.2) is 0 Å². The van der Waals surface area contributed by atoms with E-state index in [9.17, 15) is 0 Å². The van der Waals surface area contributed by atoms with Crippen molar-refractivity contribution in [1.29, 1.82) is 0 Å². The van der Waals surface area contributed by atoms with E-state index in [1.807, 2.05) is 0 Å². The predicted octanol–water partition coefficient (Wildman–Crippen LogP) is 18.8. The summed E-state index contributed by atoms with van der Waals surface area (Å²) in [6, 6.07) is 17.5. The maximum absolute atomic E-state index is 15.7. The van der Waals surface area contributed by atoms with E-state index in [2.05, 4.69) is 114 Å². The van der Waals surface area contributed by atoms with Crippen LogP contribution in [0.3, 0.4) is 0 Å². The number of hydrogen-bond donors (Lipinski definition) is 2. The summed E-state index contributed by atoms with van der Waals surface area (Å²) < 4.78 is 0. The molecule has 2 atom stereocenters. The van der Waals surface area contributed by atoms with Crippen LogP contribution in [0.4, 0.5) is 11.4 Å². The number of nitrogens with zero attached hydrogens (tertiary/aromatic N) is 2. The van der Waals surface area contributed by atoms with Crippen molar-refractivity contribution in [3.05, 3.63) is 78.5 Å². The molecule has 5 heterocycles. The lowest BCUT2D eigenvalue weighted by Gasteiger charge is -2.27. The van der Waals surface area contributed by atoms with Crippen LogP contribution in [0.5, 0.6) is 0 Å². The van der Waals surface area contributed by atoms with E-state index in [0.29, 0.717) is 24.9 Å². The summed E-state index contributed by atoms with van der Waals surface area (Å²) in [6.45, 7) is 18.8. The third-order valence-electron chi connectivity index (χ3n) is 16.7. The van der Waals surface area contributed by atoms with Crippen molar-refractivity contribution < 1.29 is 9.59 Å². The lowest BCUT2D eigenvalue weighted by molar-refractivity contribution is -0.114. The Labute approximate surface area is 481 Å². The lowest BCUT2D eigenvalue weighted by atomic mass is 9.93. The average Bonchev–Trinajstić information content (AvgIpc) is 4.29. The molecule has 0 aliphatic carbocycles. The Morgan fingerprint density at radius 2 is 0.662 bits per heavy atom. The van der Waals surface area contributed by atoms with Gasteiger partial charge in [0.2, 0.25) is 0 Å². The molecule has 2 amide bonds. The standard InChI is InChI=1S/C68H106N4O2S3/c1-9-13-17-21-25-27-31-35-39-51(37-33-29-23-19-15-11-3)49-71-55-48-54-56(47-53(55)63(65(71)73)59-42-41-57(75-59)58-43-45-61(76-58)67(5,6)69)72(66(74)64(54)60-44-46-62(77-60)68(7,8)70)50-52(38-34-30-24-20-16-12-4)40-36-32-28-26-22-18-14-10-2/h41-48,51-52H,9-40,49-50,69-70H2,1-8H3. The van der Waals surface area contributed by atoms with Crippen LogP contribution in [0.2, 0.25) is 0 Å². The summed E-state index contributed by atoms with van der Waals surface area (Å²) in [6.07, 6.45) is 40.6. The maximum Gasteiger partial charge on any atom is 0.260 e. The van der Waals surface area contributed by atoms with Crippen molar-refractivity contribution in [1.82, 2.24) is 0 Å². The number of unbranched alkanes of at least 4 members (excludes halogenated alkanes) is 24. The van der Waals surface area contributed by atoms with Gasteiger partial charge in [-0.2, -0.15) is 0 Å². The van der Waals surface area contributed by atoms with Crippen LogP contribution in [-0.2, 0) is 20.7 Å². The average molecular weight is 1110 g/mol. The molecule has 3 aromatic heterocycles. The molecule has 2 unspecified atom stereocenters. The van der Waals surface area contributed by atoms with Gasteiger partial charge in [0.25, 0.3) is 11.8 Å². The molecule has 6 rings (SSSR count). The van der Waals surface area contributed by atoms with Crippen LogP contribution in [-0.4, -0.2) is 24.9 Å². The Morgan fingerprint density at radius 1 is 0.390 bits per heavy atom. The first-order valence-corrected chi connectivity index (χ1v) is 34.1. The van der Waals surface area contributed by atoms with Crippen LogP contribution in [0.25, 0.3) is 20.9 Å². The van der Waals surface area contributed by atoms with Gasteiger partial charge in [-0.15, -0.1) is 34.0 Å². The van der Waals surface area contributed by atoms with Crippen LogP contribution in [0, 0.1) is 11.8 Å². The van der Waals surface area contributed by atoms with E-state index >= 15 is 9.59 Å². The van der Waals surface area contributed by atoms with E-state index in [-0.39, 0.29) is 11.8 Å². The quantitative estimate of drug-likeness (QED) is 0.0433. The molecule has 0 fully saturated rings. The Kier molecular flexibility index (Phi) is 26.5. The van der Waals surface area contributed by atoms with E-state index in [4.69, 9.17) is 11.5 Å². The highest BCUT2D eigenvalue weighted by atomic mass is 32.1. The van der Waals surface area contributed by atoms with E-state index in [1.165, 1.54) is 185 Å². The first-order valence-electron chi connectivity index (χ1n) is 31.7. The Morgan fingerprint density at radius 3 is 1.00 bits per heavy atom. The topological polar surface area (TPSA) is 92.7 Å². The molecule has 0 saturated heterocycles. The van der Waals surface area contributed by atoms with Crippen molar-refractivity contribution in [2.24, 2.45) is 23.3 Å². The third-order valence-corrected chi connectivity index (χ3v) is 20.9. The van der Waals surface area contributed by atoms with Crippen LogP contribution < -0.4 is 31.7 Å². The molecule has 2 aliphatic rings. The molecule has 77 heavy (non-hydrogen) atoms. The third kappa shape index (κ3) is 18.7. The van der Waals surface area contributed by atoms with Gasteiger partial charge in [0, 0.05) is 63.9 Å². The fraction of sp³-hybridized carbons (Fsp3) is 0.676. The number of fused-ring (bicyclic) bond motifs is 2.